The number of hydrogen-bond acceptors (Lipinski definition) is 4. The van der Waals surface area contributed by atoms with Gasteiger partial charge in [0.05, 0.1) is 18.4 Å². The Balaban J connectivity index is 1.41. The number of amides is 1. The van der Waals surface area contributed by atoms with E-state index in [2.05, 4.69) is 20.5 Å². The molecule has 1 amide bonds. The van der Waals surface area contributed by atoms with Gasteiger partial charge in [0, 0.05) is 33.6 Å². The lowest BCUT2D eigenvalue weighted by atomic mass is 10.1. The molecule has 0 radical (unpaired) electrons. The number of rotatable bonds is 5. The van der Waals surface area contributed by atoms with Crippen LogP contribution < -0.4 is 5.32 Å². The first-order chi connectivity index (χ1) is 16.4. The van der Waals surface area contributed by atoms with Crippen molar-refractivity contribution in [3.8, 4) is 11.3 Å². The van der Waals surface area contributed by atoms with E-state index in [4.69, 9.17) is 34.8 Å². The molecule has 0 saturated carbocycles. The van der Waals surface area contributed by atoms with Gasteiger partial charge in [0.15, 0.2) is 11.5 Å². The highest BCUT2D eigenvalue weighted by molar-refractivity contribution is 6.36. The lowest BCUT2D eigenvalue weighted by Gasteiger charge is -2.07. The lowest BCUT2D eigenvalue weighted by molar-refractivity contribution is 0.102. The fourth-order valence-electron chi connectivity index (χ4n) is 3.58. The molecule has 5 aromatic rings. The summed E-state index contributed by atoms with van der Waals surface area (Å²) in [6, 6.07) is 15.2. The van der Waals surface area contributed by atoms with Crippen LogP contribution in [0, 0.1) is 6.92 Å². The van der Waals surface area contributed by atoms with E-state index in [0.717, 1.165) is 16.8 Å². The van der Waals surface area contributed by atoms with E-state index in [1.54, 1.807) is 39.8 Å². The predicted molar refractivity (Wildman–Crippen MR) is 134 cm³/mol. The minimum Gasteiger partial charge on any atom is -0.304 e. The molecular weight excluding hydrogens is 495 g/mol. The quantitative estimate of drug-likeness (QED) is 0.306. The Kier molecular flexibility index (Phi) is 6.00. The summed E-state index contributed by atoms with van der Waals surface area (Å²) in [5.41, 5.74) is 4.37. The molecule has 170 valence electrons. The molecule has 5 rings (SSSR count). The van der Waals surface area contributed by atoms with Crippen molar-refractivity contribution in [2.24, 2.45) is 0 Å². The largest absolute Gasteiger partial charge is 0.304 e. The maximum atomic E-state index is 13.1. The van der Waals surface area contributed by atoms with Gasteiger partial charge >= 0.3 is 0 Å². The van der Waals surface area contributed by atoms with Crippen molar-refractivity contribution in [2.45, 2.75) is 13.5 Å². The van der Waals surface area contributed by atoms with Crippen molar-refractivity contribution < 1.29 is 4.79 Å². The number of aryl methyl sites for hydroxylation is 1. The molecule has 0 aliphatic rings. The topological polar surface area (TPSA) is 77.1 Å². The molecule has 0 fully saturated rings. The van der Waals surface area contributed by atoms with Gasteiger partial charge in [-0.3, -0.25) is 9.48 Å². The molecule has 10 heteroatoms. The maximum Gasteiger partial charge on any atom is 0.262 e. The molecule has 0 saturated heterocycles. The number of benzene rings is 2. The molecule has 2 aromatic carbocycles. The van der Waals surface area contributed by atoms with Gasteiger partial charge in [0.2, 0.25) is 0 Å². The number of carbonyl (C=O) groups is 1. The second kappa shape index (κ2) is 9.10. The van der Waals surface area contributed by atoms with Crippen LogP contribution in [0.25, 0.3) is 16.9 Å². The van der Waals surface area contributed by atoms with E-state index in [-0.39, 0.29) is 10.8 Å². The third-order valence-electron chi connectivity index (χ3n) is 5.32. The molecule has 0 aliphatic carbocycles. The van der Waals surface area contributed by atoms with Gasteiger partial charge in [0.1, 0.15) is 10.6 Å². The van der Waals surface area contributed by atoms with E-state index in [9.17, 15) is 4.79 Å². The monoisotopic (exact) mass is 510 g/mol. The molecule has 3 heterocycles. The molecule has 1 N–H and O–H groups in total. The highest BCUT2D eigenvalue weighted by Crippen LogP contribution is 2.27. The summed E-state index contributed by atoms with van der Waals surface area (Å²) >= 11 is 18.8. The summed E-state index contributed by atoms with van der Waals surface area (Å²) in [6.45, 7) is 2.32. The Hall–Kier alpha value is -3.39. The minimum atomic E-state index is -0.425. The van der Waals surface area contributed by atoms with E-state index in [0.29, 0.717) is 33.4 Å². The van der Waals surface area contributed by atoms with Gasteiger partial charge in [-0.05, 0) is 25.1 Å². The van der Waals surface area contributed by atoms with Crippen LogP contribution in [0.4, 0.5) is 5.82 Å². The average molecular weight is 512 g/mol. The predicted octanol–water partition coefficient (Wildman–Crippen LogP) is 6.16. The first-order valence-electron chi connectivity index (χ1n) is 10.3. The van der Waals surface area contributed by atoms with Crippen LogP contribution in [0.2, 0.25) is 15.1 Å². The Bertz CT molecular complexity index is 1500. The minimum absolute atomic E-state index is 0.212. The van der Waals surface area contributed by atoms with E-state index in [1.807, 2.05) is 37.3 Å². The molecule has 34 heavy (non-hydrogen) atoms. The van der Waals surface area contributed by atoms with Crippen LogP contribution >= 0.6 is 34.8 Å². The molecule has 0 spiro atoms. The molecule has 0 bridgehead atoms. The maximum absolute atomic E-state index is 13.1. The molecule has 0 aliphatic heterocycles. The number of nitrogens with one attached hydrogen (secondary N) is 1. The first kappa shape index (κ1) is 22.4. The van der Waals surface area contributed by atoms with Crippen LogP contribution in [0.1, 0.15) is 21.5 Å². The fraction of sp³-hybridized carbons (Fsp3) is 0.0833. The number of carbonyl (C=O) groups excluding carboxylic acids is 1. The summed E-state index contributed by atoms with van der Waals surface area (Å²) < 4.78 is 3.20. The highest BCUT2D eigenvalue weighted by Gasteiger charge is 2.19. The summed E-state index contributed by atoms with van der Waals surface area (Å²) in [6.07, 6.45) is 4.72. The van der Waals surface area contributed by atoms with Crippen molar-refractivity contribution in [1.82, 2.24) is 24.4 Å². The Labute approximate surface area is 209 Å². The van der Waals surface area contributed by atoms with Crippen molar-refractivity contribution >= 4 is 52.2 Å². The van der Waals surface area contributed by atoms with Gasteiger partial charge in [-0.25, -0.2) is 9.50 Å². The summed E-state index contributed by atoms with van der Waals surface area (Å²) in [5.74, 6) is -0.213. The van der Waals surface area contributed by atoms with Gasteiger partial charge in [-0.1, -0.05) is 70.7 Å². The number of anilines is 1. The summed E-state index contributed by atoms with van der Waals surface area (Å²) in [4.78, 5) is 17.4. The Morgan fingerprint density at radius 1 is 1.00 bits per heavy atom. The molecular formula is C24H17Cl3N6O. The van der Waals surface area contributed by atoms with Crippen molar-refractivity contribution in [1.29, 1.82) is 0 Å². The summed E-state index contributed by atoms with van der Waals surface area (Å²) in [7, 11) is 0. The normalized spacial score (nSPS) is 11.2. The van der Waals surface area contributed by atoms with Crippen molar-refractivity contribution in [3.63, 3.8) is 0 Å². The van der Waals surface area contributed by atoms with Crippen LogP contribution in [0.3, 0.4) is 0 Å². The van der Waals surface area contributed by atoms with Crippen LogP contribution in [-0.4, -0.2) is 30.3 Å². The SMILES string of the molecule is Cc1ccc(-c2ccnc3c(C(=O)Nc4nn(Cc5c(Cl)cccc5Cl)cc4Cl)cnn23)cc1. The van der Waals surface area contributed by atoms with Crippen LogP contribution in [0.5, 0.6) is 0 Å². The fourth-order valence-corrected chi connectivity index (χ4v) is 4.29. The number of halogens is 3. The molecule has 7 nitrogen and oxygen atoms in total. The van der Waals surface area contributed by atoms with Crippen molar-refractivity contribution in [2.75, 3.05) is 5.32 Å². The number of nitrogens with zero attached hydrogens (tertiary/aromatic N) is 5. The number of aromatic nitrogens is 5. The Morgan fingerprint density at radius 3 is 2.47 bits per heavy atom. The second-order valence-corrected chi connectivity index (χ2v) is 8.89. The third kappa shape index (κ3) is 4.25. The number of fused-ring (bicyclic) bond motifs is 1. The van der Waals surface area contributed by atoms with Crippen LogP contribution in [-0.2, 0) is 6.54 Å². The van der Waals surface area contributed by atoms with Gasteiger partial charge < -0.3 is 5.32 Å². The van der Waals surface area contributed by atoms with Crippen LogP contribution in [0.15, 0.2) is 67.1 Å². The zero-order valence-electron chi connectivity index (χ0n) is 17.8. The molecule has 3 aromatic heterocycles. The summed E-state index contributed by atoms with van der Waals surface area (Å²) in [5, 5.41) is 12.8. The zero-order chi connectivity index (χ0) is 23.8. The average Bonchev–Trinajstić information content (AvgIpc) is 3.40. The lowest BCUT2D eigenvalue weighted by Crippen LogP contribution is -2.13. The van der Waals surface area contributed by atoms with Gasteiger partial charge in [-0.2, -0.15) is 10.2 Å². The van der Waals surface area contributed by atoms with Crippen molar-refractivity contribution in [3.05, 3.63) is 98.9 Å². The first-order valence-corrected chi connectivity index (χ1v) is 11.4. The zero-order valence-corrected chi connectivity index (χ0v) is 20.1. The Morgan fingerprint density at radius 2 is 1.74 bits per heavy atom. The molecule has 0 atom stereocenters. The third-order valence-corrected chi connectivity index (χ3v) is 6.31. The second-order valence-electron chi connectivity index (χ2n) is 7.67. The van der Waals surface area contributed by atoms with E-state index in [1.165, 1.54) is 6.20 Å². The van der Waals surface area contributed by atoms with E-state index < -0.39 is 5.91 Å². The highest BCUT2D eigenvalue weighted by atomic mass is 35.5. The smallest absolute Gasteiger partial charge is 0.262 e. The number of hydrogen-bond donors (Lipinski definition) is 1. The standard InChI is InChI=1S/C24H17Cl3N6O/c1-14-5-7-15(8-6-14)21-9-10-28-23-16(11-29-33(21)23)24(34)30-22-20(27)13-32(31-22)12-17-18(25)3-2-4-19(17)26/h2-11,13H,12H2,1H3,(H,30,31,34). The van der Waals surface area contributed by atoms with E-state index >= 15 is 0 Å². The van der Waals surface area contributed by atoms with Gasteiger partial charge in [-0.15, -0.1) is 0 Å². The van der Waals surface area contributed by atoms with Gasteiger partial charge in [0.25, 0.3) is 5.91 Å². The molecule has 0 unspecified atom stereocenters.